The van der Waals surface area contributed by atoms with Gasteiger partial charge < -0.3 is 33.6 Å². The topological polar surface area (TPSA) is 204 Å². The van der Waals surface area contributed by atoms with E-state index in [-0.39, 0.29) is 16.8 Å². The fourth-order valence-electron chi connectivity index (χ4n) is 6.21. The highest BCUT2D eigenvalue weighted by atomic mass is 35.5. The van der Waals surface area contributed by atoms with Crippen LogP contribution in [0.5, 0.6) is 0 Å². The standard InChI is InChI=1S/C32H44ClN4O12PS/c1-18(2)30(38)43-15-45-50(40,46-16-44-31(39)19(3)4)17-51(41,42)14-23-25-26(49-32(5,6)48-25)29(47-23)37-12-11-21-24(35-20-9-7-8-10-20)22(13-34)27(33)36-28(21)37/h11-12,18-20,23,25-26,29H,7-10,14-17H2,1-6H3,(H,35,36)/t23-,25-,26-,29-/m1/s1. The summed E-state index contributed by atoms with van der Waals surface area (Å²) in [6.45, 7) is 7.95. The van der Waals surface area contributed by atoms with Gasteiger partial charge in [-0.3, -0.25) is 23.2 Å². The minimum absolute atomic E-state index is 0.00283. The first-order valence-electron chi connectivity index (χ1n) is 16.7. The third-order valence-corrected chi connectivity index (χ3v) is 13.6. The molecule has 0 unspecified atom stereocenters. The van der Waals surface area contributed by atoms with E-state index in [0.717, 1.165) is 25.7 Å². The van der Waals surface area contributed by atoms with E-state index in [9.17, 15) is 27.8 Å². The van der Waals surface area contributed by atoms with Crippen LogP contribution in [0.3, 0.4) is 0 Å². The van der Waals surface area contributed by atoms with Crippen molar-refractivity contribution >= 4 is 57.7 Å². The summed E-state index contributed by atoms with van der Waals surface area (Å²) in [5.74, 6) is -4.22. The van der Waals surface area contributed by atoms with Crippen LogP contribution < -0.4 is 5.32 Å². The summed E-state index contributed by atoms with van der Waals surface area (Å²) in [7, 11) is -8.93. The monoisotopic (exact) mass is 774 g/mol. The zero-order chi connectivity index (χ0) is 37.3. The molecule has 5 rings (SSSR count). The number of rotatable bonds is 15. The Kier molecular flexibility index (Phi) is 12.1. The van der Waals surface area contributed by atoms with Gasteiger partial charge in [-0.1, -0.05) is 52.1 Å². The maximum Gasteiger partial charge on any atom is 0.351 e. The Morgan fingerprint density at radius 3 is 2.25 bits per heavy atom. The van der Waals surface area contributed by atoms with Gasteiger partial charge in [0.05, 0.1) is 23.3 Å². The second kappa shape index (κ2) is 15.7. The molecule has 3 aliphatic rings. The molecule has 0 radical (unpaired) electrons. The number of hydrogen-bond donors (Lipinski definition) is 1. The predicted molar refractivity (Wildman–Crippen MR) is 183 cm³/mol. The van der Waals surface area contributed by atoms with E-state index in [1.54, 1.807) is 58.4 Å². The number of fused-ring (bicyclic) bond motifs is 2. The van der Waals surface area contributed by atoms with Gasteiger partial charge in [0.2, 0.25) is 13.6 Å². The summed E-state index contributed by atoms with van der Waals surface area (Å²) < 4.78 is 81.7. The van der Waals surface area contributed by atoms with E-state index in [1.807, 2.05) is 0 Å². The van der Waals surface area contributed by atoms with Crippen LogP contribution in [0.15, 0.2) is 12.3 Å². The van der Waals surface area contributed by atoms with Gasteiger partial charge in [-0.2, -0.15) is 5.26 Å². The molecule has 0 aromatic carbocycles. The van der Waals surface area contributed by atoms with Crippen molar-refractivity contribution in [2.75, 3.05) is 30.1 Å². The molecular formula is C32H44ClN4O12PS. The van der Waals surface area contributed by atoms with Crippen molar-refractivity contribution in [3.05, 3.63) is 23.0 Å². The number of aromatic nitrogens is 2. The molecule has 2 aliphatic heterocycles. The number of hydrogen-bond acceptors (Lipinski definition) is 15. The number of nitrogens with zero attached hydrogens (tertiary/aromatic N) is 3. The van der Waals surface area contributed by atoms with Crippen molar-refractivity contribution in [1.82, 2.24) is 9.55 Å². The van der Waals surface area contributed by atoms with Crippen molar-refractivity contribution in [3.8, 4) is 6.07 Å². The van der Waals surface area contributed by atoms with Crippen LogP contribution in [0.1, 0.15) is 79.0 Å². The SMILES string of the molecule is CC(C)C(=O)OCOP(=O)(CS(=O)(=O)C[C@H]1O[C@@H](n2ccc3c(NC4CCCC4)c(C#N)c(Cl)nc32)[C@@H]2OC(C)(C)O[C@@H]21)OCOC(=O)C(C)C. The number of carbonyl (C=O) groups excluding carboxylic acids is 2. The lowest BCUT2D eigenvalue weighted by Crippen LogP contribution is -2.35. The summed E-state index contributed by atoms with van der Waals surface area (Å²) in [4.78, 5) is 28.4. The Labute approximate surface area is 301 Å². The smallest absolute Gasteiger partial charge is 0.351 e. The maximum absolute atomic E-state index is 13.7. The molecular weight excluding hydrogens is 731 g/mol. The number of carbonyl (C=O) groups is 2. The predicted octanol–water partition coefficient (Wildman–Crippen LogP) is 5.25. The third kappa shape index (κ3) is 9.23. The van der Waals surface area contributed by atoms with Crippen molar-refractivity contribution in [1.29, 1.82) is 5.26 Å². The van der Waals surface area contributed by atoms with E-state index in [2.05, 4.69) is 16.4 Å². The molecule has 2 aromatic rings. The number of nitrogens with one attached hydrogen (secondary N) is 1. The molecule has 4 heterocycles. The zero-order valence-corrected chi connectivity index (χ0v) is 31.8. The zero-order valence-electron chi connectivity index (χ0n) is 29.3. The van der Waals surface area contributed by atoms with Gasteiger partial charge in [-0.05, 0) is 32.8 Å². The molecule has 19 heteroatoms. The number of anilines is 1. The first-order valence-corrected chi connectivity index (χ1v) is 20.6. The number of pyridine rings is 1. The lowest BCUT2D eigenvalue weighted by molar-refractivity contribution is -0.193. The van der Waals surface area contributed by atoms with Crippen molar-refractivity contribution in [2.24, 2.45) is 11.8 Å². The van der Waals surface area contributed by atoms with E-state index >= 15 is 0 Å². The van der Waals surface area contributed by atoms with Crippen LogP contribution in [-0.4, -0.2) is 84.9 Å². The van der Waals surface area contributed by atoms with Crippen molar-refractivity contribution in [2.45, 2.75) is 104 Å². The minimum atomic E-state index is -4.58. The van der Waals surface area contributed by atoms with Crippen molar-refractivity contribution < 1.29 is 55.3 Å². The molecule has 1 saturated carbocycles. The average molecular weight is 775 g/mol. The molecule has 3 fully saturated rings. The van der Waals surface area contributed by atoms with Gasteiger partial charge in [-0.25, -0.2) is 13.4 Å². The number of halogens is 1. The highest BCUT2D eigenvalue weighted by Gasteiger charge is 2.57. The number of nitriles is 1. The molecule has 282 valence electrons. The molecule has 51 heavy (non-hydrogen) atoms. The van der Waals surface area contributed by atoms with Crippen molar-refractivity contribution in [3.63, 3.8) is 0 Å². The molecule has 0 amide bonds. The summed E-state index contributed by atoms with van der Waals surface area (Å²) in [5, 5.41) is 14.0. The normalized spacial score (nSPS) is 23.5. The van der Waals surface area contributed by atoms with E-state index in [0.29, 0.717) is 16.7 Å². The Hall–Kier alpha value is -2.81. The van der Waals surface area contributed by atoms with E-state index in [4.69, 9.17) is 44.3 Å². The van der Waals surface area contributed by atoms with Gasteiger partial charge in [0.25, 0.3) is 0 Å². The van der Waals surface area contributed by atoms with Gasteiger partial charge in [0, 0.05) is 17.6 Å². The summed E-state index contributed by atoms with van der Waals surface area (Å²) in [5.41, 5.74) is 0.0146. The Bertz CT molecular complexity index is 1790. The second-order valence-electron chi connectivity index (χ2n) is 13.9. The highest BCUT2D eigenvalue weighted by Crippen LogP contribution is 2.51. The Morgan fingerprint density at radius 2 is 1.69 bits per heavy atom. The molecule has 2 aromatic heterocycles. The molecule has 1 aliphatic carbocycles. The van der Waals surface area contributed by atoms with Gasteiger partial charge in [0.15, 0.2) is 32.5 Å². The number of sulfone groups is 1. The largest absolute Gasteiger partial charge is 0.438 e. The van der Waals surface area contributed by atoms with E-state index in [1.165, 1.54) is 0 Å². The van der Waals surface area contributed by atoms with Crippen LogP contribution in [0.4, 0.5) is 5.69 Å². The minimum Gasteiger partial charge on any atom is -0.438 e. The quantitative estimate of drug-likeness (QED) is 0.106. The molecule has 0 spiro atoms. The van der Waals surface area contributed by atoms with Crippen LogP contribution in [-0.2, 0) is 56.7 Å². The lowest BCUT2D eigenvalue weighted by Gasteiger charge is -2.25. The maximum atomic E-state index is 13.7. The van der Waals surface area contributed by atoms with Gasteiger partial charge in [0.1, 0.15) is 35.6 Å². The molecule has 16 nitrogen and oxygen atoms in total. The van der Waals surface area contributed by atoms with Gasteiger partial charge >= 0.3 is 19.5 Å². The number of ether oxygens (including phenoxy) is 5. The molecule has 2 saturated heterocycles. The van der Waals surface area contributed by atoms with Crippen LogP contribution in [0, 0.1) is 23.2 Å². The number of esters is 2. The van der Waals surface area contributed by atoms with E-state index < -0.39 is 96.4 Å². The molecule has 4 atom stereocenters. The molecule has 0 bridgehead atoms. The van der Waals surface area contributed by atoms with Crippen LogP contribution in [0.2, 0.25) is 5.15 Å². The summed E-state index contributed by atoms with van der Waals surface area (Å²) in [6.07, 6.45) is 2.01. The average Bonchev–Trinajstić information content (AvgIpc) is 3.82. The highest BCUT2D eigenvalue weighted by molar-refractivity contribution is 7.97. The first-order chi connectivity index (χ1) is 23.9. The fourth-order valence-corrected chi connectivity index (χ4v) is 10.6. The van der Waals surface area contributed by atoms with Gasteiger partial charge in [-0.15, -0.1) is 0 Å². The summed E-state index contributed by atoms with van der Waals surface area (Å²) >= 11 is 6.53. The second-order valence-corrected chi connectivity index (χ2v) is 18.8. The Morgan fingerprint density at radius 1 is 1.10 bits per heavy atom. The van der Waals surface area contributed by atoms with Crippen LogP contribution in [0.25, 0.3) is 11.0 Å². The van der Waals surface area contributed by atoms with Crippen LogP contribution >= 0.6 is 19.2 Å². The fraction of sp³-hybridized carbons (Fsp3) is 0.688. The lowest BCUT2D eigenvalue weighted by atomic mass is 10.1. The molecule has 1 N–H and O–H groups in total. The Balaban J connectivity index is 1.39. The third-order valence-electron chi connectivity index (χ3n) is 8.65. The first kappa shape index (κ1) is 39.4. The summed E-state index contributed by atoms with van der Waals surface area (Å²) in [6, 6.07) is 4.10.